The highest BCUT2D eigenvalue weighted by Gasteiger charge is 2.10. The fourth-order valence-electron chi connectivity index (χ4n) is 2.15. The summed E-state index contributed by atoms with van der Waals surface area (Å²) in [7, 11) is 0. The number of hydrogen-bond acceptors (Lipinski definition) is 3. The third kappa shape index (κ3) is 2.67. The largest absolute Gasteiger partial charge is 0.366 e. The van der Waals surface area contributed by atoms with E-state index in [1.807, 2.05) is 25.1 Å². The Labute approximate surface area is 126 Å². The van der Waals surface area contributed by atoms with Crippen LogP contribution in [0.2, 0.25) is 0 Å². The summed E-state index contributed by atoms with van der Waals surface area (Å²) in [6.45, 7) is 1.98. The lowest BCUT2D eigenvalue weighted by atomic mass is 10.1. The molecule has 4 N–H and O–H groups in total. The number of primary amides is 1. The van der Waals surface area contributed by atoms with Crippen LogP contribution in [-0.4, -0.2) is 21.8 Å². The number of aryl methyl sites for hydroxylation is 1. The zero-order chi connectivity index (χ0) is 15.7. The summed E-state index contributed by atoms with van der Waals surface area (Å²) in [5.41, 5.74) is 8.69. The average molecular weight is 294 g/mol. The molecule has 2 aromatic carbocycles. The number of aromatic amines is 1. The molecule has 1 aromatic heterocycles. The van der Waals surface area contributed by atoms with Crippen LogP contribution in [0, 0.1) is 6.92 Å². The minimum Gasteiger partial charge on any atom is -0.366 e. The summed E-state index contributed by atoms with van der Waals surface area (Å²) < 4.78 is 0. The second-order valence-corrected chi connectivity index (χ2v) is 5.00. The van der Waals surface area contributed by atoms with Gasteiger partial charge in [-0.1, -0.05) is 6.07 Å². The number of amides is 2. The maximum Gasteiger partial charge on any atom is 0.257 e. The smallest absolute Gasteiger partial charge is 0.257 e. The number of H-pyrrole nitrogens is 1. The van der Waals surface area contributed by atoms with Crippen LogP contribution in [0.25, 0.3) is 11.0 Å². The van der Waals surface area contributed by atoms with E-state index in [0.29, 0.717) is 17.1 Å². The van der Waals surface area contributed by atoms with Crippen molar-refractivity contribution in [1.82, 2.24) is 9.97 Å². The second kappa shape index (κ2) is 5.33. The van der Waals surface area contributed by atoms with Gasteiger partial charge in [-0.05, 0) is 48.9 Å². The molecule has 110 valence electrons. The van der Waals surface area contributed by atoms with Crippen molar-refractivity contribution in [3.8, 4) is 0 Å². The molecule has 0 aliphatic rings. The van der Waals surface area contributed by atoms with Gasteiger partial charge in [0.2, 0.25) is 11.9 Å². The zero-order valence-corrected chi connectivity index (χ0v) is 11.9. The summed E-state index contributed by atoms with van der Waals surface area (Å²) in [6.07, 6.45) is 0. The Kier molecular flexibility index (Phi) is 3.34. The number of aromatic nitrogens is 2. The molecule has 6 heteroatoms. The van der Waals surface area contributed by atoms with E-state index in [2.05, 4.69) is 15.3 Å². The van der Waals surface area contributed by atoms with Crippen LogP contribution >= 0.6 is 0 Å². The van der Waals surface area contributed by atoms with E-state index in [1.165, 1.54) is 12.1 Å². The molecule has 6 nitrogen and oxygen atoms in total. The molecule has 0 aliphatic carbocycles. The van der Waals surface area contributed by atoms with E-state index in [-0.39, 0.29) is 5.91 Å². The summed E-state index contributed by atoms with van der Waals surface area (Å²) >= 11 is 0. The first-order valence-corrected chi connectivity index (χ1v) is 6.70. The van der Waals surface area contributed by atoms with Crippen LogP contribution in [0.1, 0.15) is 26.3 Å². The molecule has 0 aliphatic heterocycles. The van der Waals surface area contributed by atoms with Gasteiger partial charge in [0.15, 0.2) is 0 Å². The Morgan fingerprint density at radius 2 is 1.77 bits per heavy atom. The number of benzene rings is 2. The van der Waals surface area contributed by atoms with Crippen LogP contribution in [0.5, 0.6) is 0 Å². The van der Waals surface area contributed by atoms with Crippen molar-refractivity contribution in [2.75, 3.05) is 5.32 Å². The predicted octanol–water partition coefficient (Wildman–Crippen LogP) is 2.22. The lowest BCUT2D eigenvalue weighted by molar-refractivity contribution is 0.0995. The Balaban J connectivity index is 1.81. The van der Waals surface area contributed by atoms with Crippen molar-refractivity contribution in [3.63, 3.8) is 0 Å². The highest BCUT2D eigenvalue weighted by Crippen LogP contribution is 2.16. The number of rotatable bonds is 3. The van der Waals surface area contributed by atoms with E-state index in [0.717, 1.165) is 16.6 Å². The fourth-order valence-corrected chi connectivity index (χ4v) is 2.15. The van der Waals surface area contributed by atoms with Crippen molar-refractivity contribution in [3.05, 3.63) is 59.2 Å². The van der Waals surface area contributed by atoms with Gasteiger partial charge in [-0.3, -0.25) is 14.9 Å². The fraction of sp³-hybridized carbons (Fsp3) is 0.0625. The van der Waals surface area contributed by atoms with E-state index < -0.39 is 5.91 Å². The molecular weight excluding hydrogens is 280 g/mol. The number of nitrogens with one attached hydrogen (secondary N) is 2. The number of nitrogens with two attached hydrogens (primary N) is 1. The number of carbonyl (C=O) groups is 2. The molecule has 1 heterocycles. The molecule has 22 heavy (non-hydrogen) atoms. The summed E-state index contributed by atoms with van der Waals surface area (Å²) in [4.78, 5) is 30.5. The van der Waals surface area contributed by atoms with Crippen molar-refractivity contribution in [2.24, 2.45) is 5.73 Å². The average Bonchev–Trinajstić information content (AvgIpc) is 2.88. The molecular formula is C16H14N4O2. The van der Waals surface area contributed by atoms with E-state index >= 15 is 0 Å². The molecule has 0 radical (unpaired) electrons. The Morgan fingerprint density at radius 1 is 1.09 bits per heavy atom. The second-order valence-electron chi connectivity index (χ2n) is 5.00. The molecule has 3 rings (SSSR count). The molecule has 0 spiro atoms. The van der Waals surface area contributed by atoms with Crippen LogP contribution in [0.3, 0.4) is 0 Å². The van der Waals surface area contributed by atoms with Crippen LogP contribution in [0.15, 0.2) is 42.5 Å². The van der Waals surface area contributed by atoms with Crippen molar-refractivity contribution in [1.29, 1.82) is 0 Å². The first-order valence-electron chi connectivity index (χ1n) is 6.70. The summed E-state index contributed by atoms with van der Waals surface area (Å²) in [5, 5.41) is 2.69. The van der Waals surface area contributed by atoms with Gasteiger partial charge in [-0.15, -0.1) is 0 Å². The Hall–Kier alpha value is -3.15. The number of carbonyl (C=O) groups excluding carboxylic acids is 2. The maximum atomic E-state index is 12.2. The first kappa shape index (κ1) is 13.8. The first-order chi connectivity index (χ1) is 10.5. The molecule has 0 unspecified atom stereocenters. The minimum atomic E-state index is -0.528. The standard InChI is InChI=1S/C16H14N4O2/c1-9-2-7-12-13(8-9)19-16(18-12)20-15(22)11-5-3-10(4-6-11)14(17)21/h2-8H,1H3,(H2,17,21)(H2,18,19,20,22). The predicted molar refractivity (Wildman–Crippen MR) is 83.7 cm³/mol. The van der Waals surface area contributed by atoms with E-state index in [9.17, 15) is 9.59 Å². The zero-order valence-electron chi connectivity index (χ0n) is 11.9. The summed E-state index contributed by atoms with van der Waals surface area (Å²) in [5.74, 6) is -0.462. The molecule has 0 fully saturated rings. The number of hydrogen-bond donors (Lipinski definition) is 3. The Morgan fingerprint density at radius 3 is 2.45 bits per heavy atom. The van der Waals surface area contributed by atoms with Gasteiger partial charge in [0, 0.05) is 11.1 Å². The van der Waals surface area contributed by atoms with Gasteiger partial charge >= 0.3 is 0 Å². The normalized spacial score (nSPS) is 10.6. The van der Waals surface area contributed by atoms with Gasteiger partial charge in [0.25, 0.3) is 5.91 Å². The molecule has 0 saturated carbocycles. The van der Waals surface area contributed by atoms with E-state index in [1.54, 1.807) is 12.1 Å². The molecule has 2 amide bonds. The number of imidazole rings is 1. The lowest BCUT2D eigenvalue weighted by Crippen LogP contribution is -2.14. The molecule has 0 saturated heterocycles. The number of fused-ring (bicyclic) bond motifs is 1. The molecule has 3 aromatic rings. The van der Waals surface area contributed by atoms with Crippen LogP contribution < -0.4 is 11.1 Å². The van der Waals surface area contributed by atoms with Crippen molar-refractivity contribution in [2.45, 2.75) is 6.92 Å². The van der Waals surface area contributed by atoms with Crippen LogP contribution in [0.4, 0.5) is 5.95 Å². The van der Waals surface area contributed by atoms with Gasteiger partial charge in [0.1, 0.15) is 0 Å². The quantitative estimate of drug-likeness (QED) is 0.690. The van der Waals surface area contributed by atoms with Crippen molar-refractivity contribution < 1.29 is 9.59 Å². The SMILES string of the molecule is Cc1ccc2nc(NC(=O)c3ccc(C(N)=O)cc3)[nH]c2c1. The summed E-state index contributed by atoms with van der Waals surface area (Å²) in [6, 6.07) is 11.9. The van der Waals surface area contributed by atoms with Gasteiger partial charge in [0.05, 0.1) is 11.0 Å². The third-order valence-electron chi connectivity index (χ3n) is 3.30. The van der Waals surface area contributed by atoms with Crippen LogP contribution in [-0.2, 0) is 0 Å². The van der Waals surface area contributed by atoms with Crippen molar-refractivity contribution >= 4 is 28.8 Å². The third-order valence-corrected chi connectivity index (χ3v) is 3.30. The van der Waals surface area contributed by atoms with Gasteiger partial charge in [-0.25, -0.2) is 4.98 Å². The highest BCUT2D eigenvalue weighted by molar-refractivity contribution is 6.04. The monoisotopic (exact) mass is 294 g/mol. The lowest BCUT2D eigenvalue weighted by Gasteiger charge is -2.02. The molecule has 0 bridgehead atoms. The van der Waals surface area contributed by atoms with Gasteiger partial charge < -0.3 is 10.7 Å². The minimum absolute atomic E-state index is 0.313. The van der Waals surface area contributed by atoms with E-state index in [4.69, 9.17) is 5.73 Å². The number of anilines is 1. The van der Waals surface area contributed by atoms with Gasteiger partial charge in [-0.2, -0.15) is 0 Å². The number of nitrogens with zero attached hydrogens (tertiary/aromatic N) is 1. The molecule has 0 atom stereocenters. The topological polar surface area (TPSA) is 101 Å². The highest BCUT2D eigenvalue weighted by atomic mass is 16.2. The Bertz CT molecular complexity index is 865. The maximum absolute atomic E-state index is 12.2.